The molecule has 2 rings (SSSR count). The molecule has 0 aliphatic rings. The molecule has 5 heteroatoms. The second-order valence-corrected chi connectivity index (χ2v) is 4.70. The van der Waals surface area contributed by atoms with Gasteiger partial charge in [0.05, 0.1) is 19.0 Å². The molecule has 110 valence electrons. The molecule has 0 aliphatic carbocycles. The molecule has 0 fully saturated rings. The zero-order chi connectivity index (χ0) is 15.1. The first-order chi connectivity index (χ1) is 10.3. The first kappa shape index (κ1) is 15.0. The lowest BCUT2D eigenvalue weighted by molar-refractivity contribution is 0.288. The van der Waals surface area contributed by atoms with Gasteiger partial charge in [-0.2, -0.15) is 10.4 Å². The number of nitrogens with zero attached hydrogens (tertiary/aromatic N) is 4. The van der Waals surface area contributed by atoms with Crippen molar-refractivity contribution in [1.29, 1.82) is 5.26 Å². The third-order valence-corrected chi connectivity index (χ3v) is 3.20. The van der Waals surface area contributed by atoms with E-state index in [-0.39, 0.29) is 0 Å². The van der Waals surface area contributed by atoms with Crippen molar-refractivity contribution in [2.45, 2.75) is 39.7 Å². The number of hydrogen-bond donors (Lipinski definition) is 0. The molecule has 1 aromatic carbocycles. The second kappa shape index (κ2) is 7.44. The van der Waals surface area contributed by atoms with E-state index in [1.807, 2.05) is 28.9 Å². The highest BCUT2D eigenvalue weighted by atomic mass is 16.5. The fourth-order valence-electron chi connectivity index (χ4n) is 2.06. The molecule has 0 atom stereocenters. The van der Waals surface area contributed by atoms with Gasteiger partial charge in [-0.3, -0.25) is 0 Å². The van der Waals surface area contributed by atoms with Crippen LogP contribution in [0.4, 0.5) is 0 Å². The Labute approximate surface area is 125 Å². The first-order valence-electron chi connectivity index (χ1n) is 7.28. The number of benzene rings is 1. The minimum absolute atomic E-state index is 0.429. The van der Waals surface area contributed by atoms with Gasteiger partial charge in [-0.15, -0.1) is 0 Å². The van der Waals surface area contributed by atoms with Gasteiger partial charge >= 0.3 is 0 Å². The Morgan fingerprint density at radius 1 is 1.19 bits per heavy atom. The highest BCUT2D eigenvalue weighted by Crippen LogP contribution is 2.12. The molecule has 0 saturated heterocycles. The summed E-state index contributed by atoms with van der Waals surface area (Å²) in [4.78, 5) is 4.47. The summed E-state index contributed by atoms with van der Waals surface area (Å²) in [5, 5.41) is 13.1. The lowest BCUT2D eigenvalue weighted by Gasteiger charge is -2.08. The van der Waals surface area contributed by atoms with Crippen molar-refractivity contribution in [2.75, 3.05) is 6.61 Å². The van der Waals surface area contributed by atoms with Crippen LogP contribution < -0.4 is 4.74 Å². The summed E-state index contributed by atoms with van der Waals surface area (Å²) in [7, 11) is 0. The predicted octanol–water partition coefficient (Wildman–Crippen LogP) is 2.55. The molecule has 0 amide bonds. The number of ether oxygens (including phenoxy) is 1. The van der Waals surface area contributed by atoms with Gasteiger partial charge in [-0.1, -0.05) is 26.0 Å². The van der Waals surface area contributed by atoms with E-state index in [1.165, 1.54) is 0 Å². The summed E-state index contributed by atoms with van der Waals surface area (Å²) < 4.78 is 7.63. The van der Waals surface area contributed by atoms with Gasteiger partial charge in [0, 0.05) is 12.8 Å². The van der Waals surface area contributed by atoms with Crippen LogP contribution in [0.25, 0.3) is 0 Å². The largest absolute Gasteiger partial charge is 0.492 e. The van der Waals surface area contributed by atoms with Crippen LogP contribution >= 0.6 is 0 Å². The average Bonchev–Trinajstić information content (AvgIpc) is 2.92. The number of hydrogen-bond acceptors (Lipinski definition) is 4. The molecule has 2 aromatic rings. The smallest absolute Gasteiger partial charge is 0.150 e. The van der Waals surface area contributed by atoms with E-state index in [4.69, 9.17) is 10.00 Å². The Hall–Kier alpha value is -2.35. The molecular weight excluding hydrogens is 264 g/mol. The molecule has 0 saturated carbocycles. The fraction of sp³-hybridized carbons (Fsp3) is 0.438. The highest BCUT2D eigenvalue weighted by molar-refractivity contribution is 5.28. The molecule has 1 heterocycles. The monoisotopic (exact) mass is 284 g/mol. The standard InChI is InChI=1S/C16H20N4O/c1-3-15-18-16(4-2)20(19-15)11-12-21-14-7-5-13(6-8-14)9-10-17/h5-8H,3-4,9,11-12H2,1-2H3. The van der Waals surface area contributed by atoms with E-state index in [0.717, 1.165) is 35.8 Å². The van der Waals surface area contributed by atoms with E-state index in [0.29, 0.717) is 19.6 Å². The van der Waals surface area contributed by atoms with Gasteiger partial charge in [0.1, 0.15) is 18.2 Å². The predicted molar refractivity (Wildman–Crippen MR) is 80.0 cm³/mol. The highest BCUT2D eigenvalue weighted by Gasteiger charge is 2.06. The number of rotatable bonds is 7. The molecule has 5 nitrogen and oxygen atoms in total. The first-order valence-corrected chi connectivity index (χ1v) is 7.28. The zero-order valence-electron chi connectivity index (χ0n) is 12.5. The van der Waals surface area contributed by atoms with E-state index < -0.39 is 0 Å². The van der Waals surface area contributed by atoms with Crippen molar-refractivity contribution in [3.63, 3.8) is 0 Å². The zero-order valence-corrected chi connectivity index (χ0v) is 12.5. The molecule has 0 radical (unpaired) electrons. The van der Waals surface area contributed by atoms with E-state index >= 15 is 0 Å². The third-order valence-electron chi connectivity index (χ3n) is 3.20. The number of aromatic nitrogens is 3. The Morgan fingerprint density at radius 2 is 1.95 bits per heavy atom. The molecule has 0 N–H and O–H groups in total. The summed E-state index contributed by atoms with van der Waals surface area (Å²) in [6.45, 7) is 5.38. The van der Waals surface area contributed by atoms with Crippen LogP contribution in [0.2, 0.25) is 0 Å². The summed E-state index contributed by atoms with van der Waals surface area (Å²) >= 11 is 0. The van der Waals surface area contributed by atoms with Crippen molar-refractivity contribution in [1.82, 2.24) is 14.8 Å². The third kappa shape index (κ3) is 4.06. The van der Waals surface area contributed by atoms with Gasteiger partial charge in [0.2, 0.25) is 0 Å². The number of aryl methyl sites for hydroxylation is 2. The van der Waals surface area contributed by atoms with E-state index in [9.17, 15) is 0 Å². The maximum absolute atomic E-state index is 8.63. The molecule has 21 heavy (non-hydrogen) atoms. The van der Waals surface area contributed by atoms with Crippen LogP contribution in [-0.4, -0.2) is 21.4 Å². The molecule has 0 unspecified atom stereocenters. The van der Waals surface area contributed by atoms with Crippen LogP contribution in [0, 0.1) is 11.3 Å². The van der Waals surface area contributed by atoms with Crippen molar-refractivity contribution in [3.8, 4) is 11.8 Å². The van der Waals surface area contributed by atoms with Crippen LogP contribution in [0.5, 0.6) is 5.75 Å². The SMILES string of the molecule is CCc1nc(CC)n(CCOc2ccc(CC#N)cc2)n1. The summed E-state index contributed by atoms with van der Waals surface area (Å²) in [6.07, 6.45) is 2.15. The van der Waals surface area contributed by atoms with Crippen LogP contribution in [0.15, 0.2) is 24.3 Å². The van der Waals surface area contributed by atoms with Crippen molar-refractivity contribution >= 4 is 0 Å². The van der Waals surface area contributed by atoms with Crippen LogP contribution in [-0.2, 0) is 25.8 Å². The van der Waals surface area contributed by atoms with Gasteiger partial charge in [-0.05, 0) is 17.7 Å². The minimum atomic E-state index is 0.429. The van der Waals surface area contributed by atoms with Crippen LogP contribution in [0.3, 0.4) is 0 Å². The molecule has 0 bridgehead atoms. The molecule has 0 aliphatic heterocycles. The normalized spacial score (nSPS) is 10.3. The Balaban J connectivity index is 1.89. The van der Waals surface area contributed by atoms with Crippen molar-refractivity contribution in [3.05, 3.63) is 41.5 Å². The quantitative estimate of drug-likeness (QED) is 0.783. The van der Waals surface area contributed by atoms with Gasteiger partial charge in [-0.25, -0.2) is 9.67 Å². The van der Waals surface area contributed by atoms with Crippen LogP contribution in [0.1, 0.15) is 31.1 Å². The van der Waals surface area contributed by atoms with E-state index in [2.05, 4.69) is 30.0 Å². The summed E-state index contributed by atoms with van der Waals surface area (Å²) in [5.74, 6) is 2.69. The minimum Gasteiger partial charge on any atom is -0.492 e. The topological polar surface area (TPSA) is 63.7 Å². The fourth-order valence-corrected chi connectivity index (χ4v) is 2.06. The Kier molecular flexibility index (Phi) is 5.33. The number of nitriles is 1. The maximum atomic E-state index is 8.63. The van der Waals surface area contributed by atoms with Crippen molar-refractivity contribution < 1.29 is 4.74 Å². The van der Waals surface area contributed by atoms with E-state index in [1.54, 1.807) is 0 Å². The summed E-state index contributed by atoms with van der Waals surface area (Å²) in [6, 6.07) is 9.75. The second-order valence-electron chi connectivity index (χ2n) is 4.70. The summed E-state index contributed by atoms with van der Waals surface area (Å²) in [5.41, 5.74) is 1.00. The lowest BCUT2D eigenvalue weighted by Crippen LogP contribution is -2.12. The molecule has 0 spiro atoms. The lowest BCUT2D eigenvalue weighted by atomic mass is 10.2. The van der Waals surface area contributed by atoms with Gasteiger partial charge in [0.25, 0.3) is 0 Å². The Bertz CT molecular complexity index is 610. The molecule has 1 aromatic heterocycles. The Morgan fingerprint density at radius 3 is 2.57 bits per heavy atom. The van der Waals surface area contributed by atoms with Gasteiger partial charge < -0.3 is 4.74 Å². The average molecular weight is 284 g/mol. The van der Waals surface area contributed by atoms with Crippen molar-refractivity contribution in [2.24, 2.45) is 0 Å². The maximum Gasteiger partial charge on any atom is 0.150 e. The molecular formula is C16H20N4O. The van der Waals surface area contributed by atoms with Gasteiger partial charge in [0.15, 0.2) is 5.82 Å².